The second-order valence-electron chi connectivity index (χ2n) is 4.28. The number of rotatable bonds is 3. The highest BCUT2D eigenvalue weighted by atomic mass is 19.4. The van der Waals surface area contributed by atoms with Crippen molar-refractivity contribution in [3.8, 4) is 0 Å². The quantitative estimate of drug-likeness (QED) is 0.776. The average molecular weight is 239 g/mol. The fourth-order valence-electron chi connectivity index (χ4n) is 1.81. The third-order valence-corrected chi connectivity index (χ3v) is 2.80. The Kier molecular flexibility index (Phi) is 2.91. The van der Waals surface area contributed by atoms with Gasteiger partial charge in [-0.1, -0.05) is 13.8 Å². The molecular weight excluding hydrogens is 227 g/mol. The minimum absolute atomic E-state index is 0.0435. The summed E-state index contributed by atoms with van der Waals surface area (Å²) in [6, 6.07) is 0. The normalized spacial score (nSPS) is 29.0. The number of carboxylic acid groups (broad SMARTS) is 1. The van der Waals surface area contributed by atoms with E-state index < -0.39 is 29.5 Å². The van der Waals surface area contributed by atoms with Crippen molar-refractivity contribution in [1.82, 2.24) is 5.32 Å². The molecule has 1 fully saturated rings. The van der Waals surface area contributed by atoms with Gasteiger partial charge in [-0.25, -0.2) is 4.79 Å². The number of amides is 1. The number of nitrogens with one attached hydrogen (secondary N) is 1. The third-order valence-electron chi connectivity index (χ3n) is 2.80. The van der Waals surface area contributed by atoms with Gasteiger partial charge >= 0.3 is 18.1 Å². The van der Waals surface area contributed by atoms with Gasteiger partial charge < -0.3 is 10.4 Å². The Morgan fingerprint density at radius 2 is 1.94 bits per heavy atom. The summed E-state index contributed by atoms with van der Waals surface area (Å²) in [7, 11) is 0. The second kappa shape index (κ2) is 3.64. The molecule has 2 N–H and O–H groups in total. The van der Waals surface area contributed by atoms with Gasteiger partial charge in [-0.05, 0) is 18.3 Å². The van der Waals surface area contributed by atoms with E-state index in [0.29, 0.717) is 0 Å². The molecule has 0 aromatic carbocycles. The van der Waals surface area contributed by atoms with Crippen molar-refractivity contribution in [2.75, 3.05) is 0 Å². The first-order valence-electron chi connectivity index (χ1n) is 4.74. The van der Waals surface area contributed by atoms with Gasteiger partial charge in [-0.2, -0.15) is 13.2 Å². The van der Waals surface area contributed by atoms with Crippen LogP contribution in [-0.2, 0) is 9.59 Å². The molecule has 0 bridgehead atoms. The Morgan fingerprint density at radius 1 is 1.44 bits per heavy atom. The maximum Gasteiger partial charge on any atom is 0.471 e. The molecule has 0 aromatic heterocycles. The molecule has 16 heavy (non-hydrogen) atoms. The first kappa shape index (κ1) is 12.8. The standard InChI is InChI=1S/C9H12F3NO3/c1-4(2)5-3-8(5,7(15)16)13-6(14)9(10,11)12/h4-5H,3H2,1-2H3,(H,13,14)(H,15,16)/t5-,8+/m0/s1. The minimum Gasteiger partial charge on any atom is -0.479 e. The summed E-state index contributed by atoms with van der Waals surface area (Å²) in [5.41, 5.74) is -1.74. The molecule has 92 valence electrons. The van der Waals surface area contributed by atoms with Crippen molar-refractivity contribution in [1.29, 1.82) is 0 Å². The van der Waals surface area contributed by atoms with E-state index in [1.165, 1.54) is 0 Å². The van der Waals surface area contributed by atoms with Crippen LogP contribution in [0, 0.1) is 11.8 Å². The van der Waals surface area contributed by atoms with Crippen molar-refractivity contribution in [3.63, 3.8) is 0 Å². The number of carboxylic acids is 1. The topological polar surface area (TPSA) is 66.4 Å². The molecule has 0 spiro atoms. The predicted octanol–water partition coefficient (Wildman–Crippen LogP) is 1.16. The second-order valence-corrected chi connectivity index (χ2v) is 4.28. The highest BCUT2D eigenvalue weighted by molar-refractivity contribution is 5.92. The van der Waals surface area contributed by atoms with Crippen LogP contribution in [-0.4, -0.2) is 28.7 Å². The number of hydrogen-bond donors (Lipinski definition) is 2. The lowest BCUT2D eigenvalue weighted by molar-refractivity contribution is -0.176. The van der Waals surface area contributed by atoms with Crippen LogP contribution in [0.1, 0.15) is 20.3 Å². The fourth-order valence-corrected chi connectivity index (χ4v) is 1.81. The molecule has 4 nitrogen and oxygen atoms in total. The molecule has 7 heteroatoms. The number of carbonyl (C=O) groups excluding carboxylic acids is 1. The Balaban J connectivity index is 2.78. The van der Waals surface area contributed by atoms with Crippen LogP contribution in [0.25, 0.3) is 0 Å². The van der Waals surface area contributed by atoms with Gasteiger partial charge in [0.15, 0.2) is 0 Å². The summed E-state index contributed by atoms with van der Waals surface area (Å²) >= 11 is 0. The molecule has 1 amide bonds. The summed E-state index contributed by atoms with van der Waals surface area (Å²) in [5.74, 6) is -4.15. The zero-order chi connectivity index (χ0) is 12.7. The van der Waals surface area contributed by atoms with Gasteiger partial charge in [0.2, 0.25) is 0 Å². The molecule has 0 heterocycles. The number of aliphatic carboxylic acids is 1. The van der Waals surface area contributed by atoms with Crippen molar-refractivity contribution in [2.45, 2.75) is 32.0 Å². The van der Waals surface area contributed by atoms with Crippen molar-refractivity contribution >= 4 is 11.9 Å². The predicted molar refractivity (Wildman–Crippen MR) is 47.5 cm³/mol. The zero-order valence-electron chi connectivity index (χ0n) is 8.76. The average Bonchev–Trinajstić information content (AvgIpc) is 2.78. The van der Waals surface area contributed by atoms with E-state index in [0.717, 1.165) is 0 Å². The van der Waals surface area contributed by atoms with Gasteiger partial charge in [0.05, 0.1) is 0 Å². The van der Waals surface area contributed by atoms with E-state index in [9.17, 15) is 22.8 Å². The van der Waals surface area contributed by atoms with Crippen LogP contribution < -0.4 is 5.32 Å². The highest BCUT2D eigenvalue weighted by Gasteiger charge is 2.64. The van der Waals surface area contributed by atoms with Crippen LogP contribution in [0.3, 0.4) is 0 Å². The molecule has 1 saturated carbocycles. The summed E-state index contributed by atoms with van der Waals surface area (Å²) in [6.07, 6.45) is -5.01. The van der Waals surface area contributed by atoms with Crippen LogP contribution in [0.2, 0.25) is 0 Å². The Labute approximate surface area is 89.8 Å². The van der Waals surface area contributed by atoms with Gasteiger partial charge in [0.1, 0.15) is 5.54 Å². The summed E-state index contributed by atoms with van der Waals surface area (Å²) in [6.45, 7) is 3.41. The van der Waals surface area contributed by atoms with Gasteiger partial charge in [-0.3, -0.25) is 4.79 Å². The van der Waals surface area contributed by atoms with E-state index in [-0.39, 0.29) is 12.3 Å². The number of alkyl halides is 3. The lowest BCUT2D eigenvalue weighted by Crippen LogP contribution is -2.50. The van der Waals surface area contributed by atoms with Crippen LogP contribution >= 0.6 is 0 Å². The molecule has 2 atom stereocenters. The fraction of sp³-hybridized carbons (Fsp3) is 0.778. The van der Waals surface area contributed by atoms with Crippen molar-refractivity contribution in [3.05, 3.63) is 0 Å². The summed E-state index contributed by atoms with van der Waals surface area (Å²) < 4.78 is 36.0. The Bertz CT molecular complexity index is 326. The van der Waals surface area contributed by atoms with Gasteiger partial charge in [-0.15, -0.1) is 0 Å². The van der Waals surface area contributed by atoms with Crippen LogP contribution in [0.5, 0.6) is 0 Å². The molecule has 0 aromatic rings. The molecule has 0 aliphatic heterocycles. The number of halogens is 3. The highest BCUT2D eigenvalue weighted by Crippen LogP contribution is 2.49. The van der Waals surface area contributed by atoms with Crippen LogP contribution in [0.15, 0.2) is 0 Å². The van der Waals surface area contributed by atoms with E-state index in [2.05, 4.69) is 0 Å². The minimum atomic E-state index is -5.05. The van der Waals surface area contributed by atoms with E-state index in [1.54, 1.807) is 19.2 Å². The maximum atomic E-state index is 12.0. The monoisotopic (exact) mass is 239 g/mol. The van der Waals surface area contributed by atoms with Gasteiger partial charge in [0.25, 0.3) is 0 Å². The molecular formula is C9H12F3NO3. The summed E-state index contributed by atoms with van der Waals surface area (Å²) in [5, 5.41) is 10.4. The number of carbonyl (C=O) groups is 2. The van der Waals surface area contributed by atoms with Gasteiger partial charge in [0, 0.05) is 0 Å². The smallest absolute Gasteiger partial charge is 0.471 e. The zero-order valence-corrected chi connectivity index (χ0v) is 8.76. The van der Waals surface area contributed by atoms with Crippen molar-refractivity contribution in [2.24, 2.45) is 11.8 Å². The third kappa shape index (κ3) is 2.12. The van der Waals surface area contributed by atoms with Crippen LogP contribution in [0.4, 0.5) is 13.2 Å². The molecule has 1 rings (SSSR count). The maximum absolute atomic E-state index is 12.0. The number of hydrogen-bond acceptors (Lipinski definition) is 2. The lowest BCUT2D eigenvalue weighted by atomic mass is 10.0. The van der Waals surface area contributed by atoms with E-state index >= 15 is 0 Å². The van der Waals surface area contributed by atoms with E-state index in [1.807, 2.05) is 0 Å². The lowest BCUT2D eigenvalue weighted by Gasteiger charge is -2.17. The SMILES string of the molecule is CC(C)[C@@H]1C[C@]1(NC(=O)C(F)(F)F)C(=O)O. The largest absolute Gasteiger partial charge is 0.479 e. The molecule has 0 saturated heterocycles. The molecule has 1 aliphatic rings. The molecule has 0 radical (unpaired) electrons. The Hall–Kier alpha value is -1.27. The van der Waals surface area contributed by atoms with E-state index in [4.69, 9.17) is 5.11 Å². The first-order chi connectivity index (χ1) is 7.11. The molecule has 0 unspecified atom stereocenters. The first-order valence-corrected chi connectivity index (χ1v) is 4.74. The Morgan fingerprint density at radius 3 is 2.19 bits per heavy atom. The molecule has 1 aliphatic carbocycles. The van der Waals surface area contributed by atoms with Crippen molar-refractivity contribution < 1.29 is 27.9 Å². The summed E-state index contributed by atoms with van der Waals surface area (Å²) in [4.78, 5) is 21.6.